The molecule has 0 saturated heterocycles. The van der Waals surface area contributed by atoms with E-state index in [0.717, 1.165) is 12.8 Å². The van der Waals surface area contributed by atoms with Gasteiger partial charge in [0.15, 0.2) is 11.2 Å². The van der Waals surface area contributed by atoms with Gasteiger partial charge in [-0.25, -0.2) is 14.6 Å². The monoisotopic (exact) mass is 426 g/mol. The van der Waals surface area contributed by atoms with Crippen molar-refractivity contribution in [3.8, 4) is 5.88 Å². The molecule has 0 spiro atoms. The number of aromatic nitrogens is 6. The van der Waals surface area contributed by atoms with E-state index in [4.69, 9.17) is 9.84 Å². The van der Waals surface area contributed by atoms with Crippen molar-refractivity contribution < 1.29 is 14.6 Å². The van der Waals surface area contributed by atoms with Crippen molar-refractivity contribution >= 4 is 22.8 Å². The number of unbranched alkanes of at least 4 members (excludes halogenated alkanes) is 1. The van der Waals surface area contributed by atoms with Gasteiger partial charge in [-0.3, -0.25) is 14.3 Å². The van der Waals surface area contributed by atoms with E-state index >= 15 is 0 Å². The molecule has 2 N–H and O–H groups in total. The Labute approximate surface area is 175 Å². The van der Waals surface area contributed by atoms with Crippen LogP contribution in [0.2, 0.25) is 0 Å². The first-order valence-electron chi connectivity index (χ1n) is 10.00. The lowest BCUT2D eigenvalue weighted by Crippen LogP contribution is -2.31. The number of carbonyl (C=O) groups is 1. The van der Waals surface area contributed by atoms with E-state index in [1.165, 1.54) is 16.8 Å². The average molecular weight is 426 g/mol. The maximum atomic E-state index is 12.5. The lowest BCUT2D eigenvalue weighted by atomic mass is 10.3. The topological polar surface area (TPSA) is 137 Å². The maximum absolute atomic E-state index is 12.5. The normalized spacial score (nSPS) is 11.4. The molecule has 0 atom stereocenters. The minimum absolute atomic E-state index is 0.0274. The Bertz CT molecular complexity index is 1390. The molecule has 0 saturated carbocycles. The number of H-pyrrole nitrogens is 1. The predicted molar refractivity (Wildman–Crippen MR) is 112 cm³/mol. The number of aromatic carboxylic acids is 1. The fourth-order valence-electron chi connectivity index (χ4n) is 3.50. The zero-order valence-electron chi connectivity index (χ0n) is 17.2. The molecule has 0 radical (unpaired) electrons. The number of hydrogen-bond acceptors (Lipinski definition) is 6. The van der Waals surface area contributed by atoms with Crippen LogP contribution in [-0.2, 0) is 19.7 Å². The summed E-state index contributed by atoms with van der Waals surface area (Å²) in [5.74, 6) is -0.259. The van der Waals surface area contributed by atoms with Crippen LogP contribution < -0.4 is 16.0 Å². The quantitative estimate of drug-likeness (QED) is 0.437. The van der Waals surface area contributed by atoms with Crippen molar-refractivity contribution in [2.75, 3.05) is 0 Å². The molecular weight excluding hydrogens is 404 g/mol. The van der Waals surface area contributed by atoms with E-state index in [-0.39, 0.29) is 18.1 Å². The van der Waals surface area contributed by atoms with Crippen molar-refractivity contribution in [1.29, 1.82) is 0 Å². The molecule has 11 heteroatoms. The van der Waals surface area contributed by atoms with Crippen molar-refractivity contribution in [1.82, 2.24) is 28.5 Å². The fourth-order valence-corrected chi connectivity index (χ4v) is 3.50. The highest BCUT2D eigenvalue weighted by Crippen LogP contribution is 2.17. The van der Waals surface area contributed by atoms with Gasteiger partial charge in [0.05, 0.1) is 11.8 Å². The summed E-state index contributed by atoms with van der Waals surface area (Å²) >= 11 is 0. The molecule has 4 heterocycles. The van der Waals surface area contributed by atoms with Gasteiger partial charge in [-0.1, -0.05) is 13.3 Å². The maximum Gasteiger partial charge on any atom is 0.337 e. The van der Waals surface area contributed by atoms with Crippen LogP contribution in [0.5, 0.6) is 5.88 Å². The van der Waals surface area contributed by atoms with Gasteiger partial charge in [-0.15, -0.1) is 0 Å². The minimum Gasteiger partial charge on any atom is -0.478 e. The Morgan fingerprint density at radius 1 is 1.16 bits per heavy atom. The number of ether oxygens (including phenoxy) is 1. The van der Waals surface area contributed by atoms with Gasteiger partial charge in [-0.2, -0.15) is 4.98 Å². The Kier molecular flexibility index (Phi) is 5.32. The minimum atomic E-state index is -1.03. The number of rotatable bonds is 8. The summed E-state index contributed by atoms with van der Waals surface area (Å²) in [6.45, 7) is 4.86. The molecule has 4 aromatic heterocycles. The summed E-state index contributed by atoms with van der Waals surface area (Å²) < 4.78 is 10.5. The van der Waals surface area contributed by atoms with Crippen LogP contribution in [0, 0.1) is 0 Å². The van der Waals surface area contributed by atoms with E-state index < -0.39 is 17.2 Å². The van der Waals surface area contributed by atoms with Crippen molar-refractivity contribution in [2.24, 2.45) is 0 Å². The van der Waals surface area contributed by atoms with Crippen LogP contribution in [0.1, 0.15) is 42.9 Å². The summed E-state index contributed by atoms with van der Waals surface area (Å²) in [7, 11) is 0. The fraction of sp³-hybridized carbons (Fsp3) is 0.350. The second-order valence-corrected chi connectivity index (χ2v) is 7.07. The highest BCUT2D eigenvalue weighted by molar-refractivity contribution is 5.87. The first-order valence-corrected chi connectivity index (χ1v) is 10.00. The number of nitrogens with one attached hydrogen (secondary N) is 1. The van der Waals surface area contributed by atoms with Gasteiger partial charge >= 0.3 is 11.7 Å². The third kappa shape index (κ3) is 3.69. The molecule has 4 aromatic rings. The van der Waals surface area contributed by atoms with Crippen molar-refractivity contribution in [3.63, 3.8) is 0 Å². The van der Waals surface area contributed by atoms with Crippen molar-refractivity contribution in [2.45, 2.75) is 46.4 Å². The number of hydrogen-bond donors (Lipinski definition) is 2. The molecule has 162 valence electrons. The molecule has 0 fully saturated rings. The molecule has 0 aliphatic rings. The highest BCUT2D eigenvalue weighted by atomic mass is 16.5. The molecule has 0 bridgehead atoms. The summed E-state index contributed by atoms with van der Waals surface area (Å²) in [6, 6.07) is 3.05. The van der Waals surface area contributed by atoms with Gasteiger partial charge in [0.2, 0.25) is 5.88 Å². The van der Waals surface area contributed by atoms with Gasteiger partial charge < -0.3 is 18.8 Å². The lowest BCUT2D eigenvalue weighted by molar-refractivity contribution is 0.0696. The van der Waals surface area contributed by atoms with Crippen LogP contribution in [0.3, 0.4) is 0 Å². The van der Waals surface area contributed by atoms with Crippen LogP contribution >= 0.6 is 0 Å². The molecular formula is C20H22N6O5. The Hall–Kier alpha value is -3.89. The molecule has 0 aromatic carbocycles. The number of aromatic amines is 1. The summed E-state index contributed by atoms with van der Waals surface area (Å²) in [5, 5.41) is 9.12. The van der Waals surface area contributed by atoms with E-state index in [9.17, 15) is 14.4 Å². The van der Waals surface area contributed by atoms with Gasteiger partial charge in [0.25, 0.3) is 5.56 Å². The molecule has 0 aliphatic heterocycles. The highest BCUT2D eigenvalue weighted by Gasteiger charge is 2.18. The molecule has 0 aliphatic carbocycles. The largest absolute Gasteiger partial charge is 0.478 e. The number of carboxylic acid groups (broad SMARTS) is 1. The second kappa shape index (κ2) is 8.09. The number of fused-ring (bicyclic) bond motifs is 2. The molecule has 0 amide bonds. The Balaban J connectivity index is 1.69. The van der Waals surface area contributed by atoms with Gasteiger partial charge in [-0.05, 0) is 25.5 Å². The molecule has 31 heavy (non-hydrogen) atoms. The second-order valence-electron chi connectivity index (χ2n) is 7.07. The predicted octanol–water partition coefficient (Wildman–Crippen LogP) is 1.63. The SMILES string of the molecule is CCCCn1c(=O)[nH]c(=O)c2c1nc(COc1cn3cc(C(=O)O)ccc3n1)n2CC. The molecule has 0 unspecified atom stereocenters. The lowest BCUT2D eigenvalue weighted by Gasteiger charge is -2.06. The average Bonchev–Trinajstić information content (AvgIpc) is 3.32. The van der Waals surface area contributed by atoms with E-state index in [0.29, 0.717) is 35.7 Å². The standard InChI is InChI=1S/C20H22N6O5/c1-3-5-8-26-17-16(18(27)23-20(26)30)25(4-2)14(22-17)11-31-15-10-24-9-12(19(28)29)6-7-13(24)21-15/h6-7,9-10H,3-5,8,11H2,1-2H3,(H,28,29)(H,23,27,30). The zero-order chi connectivity index (χ0) is 22.1. The number of nitrogens with zero attached hydrogens (tertiary/aromatic N) is 5. The van der Waals surface area contributed by atoms with Crippen LogP contribution in [0.15, 0.2) is 34.1 Å². The van der Waals surface area contributed by atoms with E-state index in [1.54, 1.807) is 21.2 Å². The number of aryl methyl sites for hydroxylation is 2. The third-order valence-electron chi connectivity index (χ3n) is 5.04. The number of pyridine rings is 1. The molecule has 4 rings (SSSR count). The van der Waals surface area contributed by atoms with Crippen LogP contribution in [0.25, 0.3) is 16.8 Å². The number of imidazole rings is 2. The number of carboxylic acids is 1. The van der Waals surface area contributed by atoms with Gasteiger partial charge in [0, 0.05) is 19.3 Å². The molecule has 11 nitrogen and oxygen atoms in total. The Morgan fingerprint density at radius 2 is 1.97 bits per heavy atom. The first-order chi connectivity index (χ1) is 14.9. The third-order valence-corrected chi connectivity index (χ3v) is 5.04. The van der Waals surface area contributed by atoms with E-state index in [1.807, 2.05) is 13.8 Å². The van der Waals surface area contributed by atoms with Gasteiger partial charge in [0.1, 0.15) is 18.1 Å². The summed E-state index contributed by atoms with van der Waals surface area (Å²) in [6.07, 6.45) is 4.70. The summed E-state index contributed by atoms with van der Waals surface area (Å²) in [5.41, 5.74) is 0.375. The summed E-state index contributed by atoms with van der Waals surface area (Å²) in [4.78, 5) is 47.1. The smallest absolute Gasteiger partial charge is 0.337 e. The van der Waals surface area contributed by atoms with Crippen LogP contribution in [0.4, 0.5) is 0 Å². The van der Waals surface area contributed by atoms with Crippen molar-refractivity contribution in [3.05, 3.63) is 56.8 Å². The first kappa shape index (κ1) is 20.4. The van der Waals surface area contributed by atoms with Crippen LogP contribution in [-0.4, -0.2) is 39.6 Å². The zero-order valence-corrected chi connectivity index (χ0v) is 17.2. The van der Waals surface area contributed by atoms with E-state index in [2.05, 4.69) is 15.0 Å². The Morgan fingerprint density at radius 3 is 2.68 bits per heavy atom.